The SMILES string of the molecule is Cc1cc(C(C)(C)C)ccc1OC[C@@H]1CCNC1. The van der Waals surface area contributed by atoms with Gasteiger partial charge in [-0.25, -0.2) is 0 Å². The summed E-state index contributed by atoms with van der Waals surface area (Å²) in [6.07, 6.45) is 1.24. The maximum absolute atomic E-state index is 5.95. The topological polar surface area (TPSA) is 21.3 Å². The number of ether oxygens (including phenoxy) is 1. The van der Waals surface area contributed by atoms with Crippen molar-refractivity contribution < 1.29 is 4.74 Å². The van der Waals surface area contributed by atoms with Crippen LogP contribution in [0.25, 0.3) is 0 Å². The molecule has 100 valence electrons. The van der Waals surface area contributed by atoms with Crippen LogP contribution in [0.3, 0.4) is 0 Å². The van der Waals surface area contributed by atoms with Crippen LogP contribution in [0, 0.1) is 12.8 Å². The highest BCUT2D eigenvalue weighted by Gasteiger charge is 2.17. The molecule has 0 aromatic heterocycles. The predicted octanol–water partition coefficient (Wildman–Crippen LogP) is 3.28. The van der Waals surface area contributed by atoms with Crippen molar-refractivity contribution in [3.63, 3.8) is 0 Å². The van der Waals surface area contributed by atoms with Gasteiger partial charge in [0.2, 0.25) is 0 Å². The monoisotopic (exact) mass is 247 g/mol. The lowest BCUT2D eigenvalue weighted by Crippen LogP contribution is -2.16. The van der Waals surface area contributed by atoms with E-state index in [-0.39, 0.29) is 5.41 Å². The average molecular weight is 247 g/mol. The van der Waals surface area contributed by atoms with Gasteiger partial charge < -0.3 is 10.1 Å². The molecule has 0 unspecified atom stereocenters. The lowest BCUT2D eigenvalue weighted by molar-refractivity contribution is 0.258. The van der Waals surface area contributed by atoms with Crippen LogP contribution in [0.4, 0.5) is 0 Å². The maximum Gasteiger partial charge on any atom is 0.122 e. The molecule has 0 saturated carbocycles. The van der Waals surface area contributed by atoms with Gasteiger partial charge in [0.15, 0.2) is 0 Å². The molecular formula is C16H25NO. The Morgan fingerprint density at radius 3 is 2.67 bits per heavy atom. The number of hydrogen-bond acceptors (Lipinski definition) is 2. The second-order valence-electron chi connectivity index (χ2n) is 6.40. The van der Waals surface area contributed by atoms with Gasteiger partial charge in [0.1, 0.15) is 5.75 Å². The van der Waals surface area contributed by atoms with E-state index in [2.05, 4.69) is 51.2 Å². The van der Waals surface area contributed by atoms with Crippen molar-refractivity contribution in [1.82, 2.24) is 5.32 Å². The van der Waals surface area contributed by atoms with Crippen LogP contribution in [0.2, 0.25) is 0 Å². The van der Waals surface area contributed by atoms with Gasteiger partial charge >= 0.3 is 0 Å². The van der Waals surface area contributed by atoms with E-state index in [0.717, 1.165) is 25.4 Å². The predicted molar refractivity (Wildman–Crippen MR) is 76.4 cm³/mol. The first kappa shape index (κ1) is 13.4. The number of benzene rings is 1. The van der Waals surface area contributed by atoms with Crippen molar-refractivity contribution in [3.05, 3.63) is 29.3 Å². The molecule has 18 heavy (non-hydrogen) atoms. The Morgan fingerprint density at radius 1 is 1.33 bits per heavy atom. The van der Waals surface area contributed by atoms with Crippen molar-refractivity contribution in [2.75, 3.05) is 19.7 Å². The smallest absolute Gasteiger partial charge is 0.122 e. The van der Waals surface area contributed by atoms with E-state index in [1.54, 1.807) is 0 Å². The Hall–Kier alpha value is -1.02. The summed E-state index contributed by atoms with van der Waals surface area (Å²) in [4.78, 5) is 0. The van der Waals surface area contributed by atoms with E-state index in [9.17, 15) is 0 Å². The highest BCUT2D eigenvalue weighted by Crippen LogP contribution is 2.27. The molecule has 0 aliphatic carbocycles. The van der Waals surface area contributed by atoms with Crippen molar-refractivity contribution in [2.45, 2.75) is 39.5 Å². The van der Waals surface area contributed by atoms with Crippen LogP contribution in [0.1, 0.15) is 38.3 Å². The molecule has 2 heteroatoms. The molecule has 1 aromatic carbocycles. The molecule has 1 N–H and O–H groups in total. The molecule has 1 atom stereocenters. The minimum absolute atomic E-state index is 0.207. The molecule has 0 bridgehead atoms. The van der Waals surface area contributed by atoms with Gasteiger partial charge in [-0.15, -0.1) is 0 Å². The van der Waals surface area contributed by atoms with Crippen molar-refractivity contribution >= 4 is 0 Å². The molecule has 1 aliphatic heterocycles. The summed E-state index contributed by atoms with van der Waals surface area (Å²) in [6.45, 7) is 11.9. The second-order valence-corrected chi connectivity index (χ2v) is 6.40. The molecule has 1 saturated heterocycles. The largest absolute Gasteiger partial charge is 0.493 e. The number of rotatable bonds is 3. The van der Waals surface area contributed by atoms with Crippen molar-refractivity contribution in [2.24, 2.45) is 5.92 Å². The number of aryl methyl sites for hydroxylation is 1. The fourth-order valence-corrected chi connectivity index (χ4v) is 2.34. The van der Waals surface area contributed by atoms with E-state index in [4.69, 9.17) is 4.74 Å². The highest BCUT2D eigenvalue weighted by atomic mass is 16.5. The van der Waals surface area contributed by atoms with E-state index in [0.29, 0.717) is 5.92 Å². The molecule has 0 amide bonds. The van der Waals surface area contributed by atoms with E-state index in [1.807, 2.05) is 0 Å². The van der Waals surface area contributed by atoms with Crippen LogP contribution >= 0.6 is 0 Å². The number of nitrogens with one attached hydrogen (secondary N) is 1. The second kappa shape index (κ2) is 5.31. The Bertz CT molecular complexity index is 400. The van der Waals surface area contributed by atoms with Crippen LogP contribution in [0.15, 0.2) is 18.2 Å². The summed E-state index contributed by atoms with van der Waals surface area (Å²) < 4.78 is 5.95. The van der Waals surface area contributed by atoms with Gasteiger partial charge in [-0.2, -0.15) is 0 Å². The third-order valence-corrected chi connectivity index (χ3v) is 3.68. The van der Waals surface area contributed by atoms with Crippen LogP contribution in [-0.4, -0.2) is 19.7 Å². The molecule has 1 aliphatic rings. The lowest BCUT2D eigenvalue weighted by Gasteiger charge is -2.21. The van der Waals surface area contributed by atoms with Gasteiger partial charge in [-0.1, -0.05) is 32.9 Å². The van der Waals surface area contributed by atoms with Crippen molar-refractivity contribution in [1.29, 1.82) is 0 Å². The molecule has 1 fully saturated rings. The maximum atomic E-state index is 5.95. The zero-order valence-corrected chi connectivity index (χ0v) is 12.0. The fourth-order valence-electron chi connectivity index (χ4n) is 2.34. The summed E-state index contributed by atoms with van der Waals surface area (Å²) >= 11 is 0. The number of hydrogen-bond donors (Lipinski definition) is 1. The first-order chi connectivity index (χ1) is 8.47. The summed E-state index contributed by atoms with van der Waals surface area (Å²) in [6, 6.07) is 6.57. The third kappa shape index (κ3) is 3.26. The fraction of sp³-hybridized carbons (Fsp3) is 0.625. The molecule has 0 radical (unpaired) electrons. The molecule has 0 spiro atoms. The van der Waals surface area contributed by atoms with Gasteiger partial charge in [-0.05, 0) is 42.5 Å². The van der Waals surface area contributed by atoms with Crippen molar-refractivity contribution in [3.8, 4) is 5.75 Å². The Balaban J connectivity index is 2.01. The van der Waals surface area contributed by atoms with Crippen LogP contribution < -0.4 is 10.1 Å². The van der Waals surface area contributed by atoms with Gasteiger partial charge in [0.05, 0.1) is 6.61 Å². The Kier molecular flexibility index (Phi) is 3.96. The van der Waals surface area contributed by atoms with E-state index >= 15 is 0 Å². The summed E-state index contributed by atoms with van der Waals surface area (Å²) in [5.74, 6) is 1.71. The van der Waals surface area contributed by atoms with E-state index < -0.39 is 0 Å². The van der Waals surface area contributed by atoms with E-state index in [1.165, 1.54) is 17.5 Å². The first-order valence-electron chi connectivity index (χ1n) is 6.91. The molecule has 1 aromatic rings. The highest BCUT2D eigenvalue weighted by molar-refractivity contribution is 5.38. The standard InChI is InChI=1S/C16H25NO/c1-12-9-14(16(2,3)4)5-6-15(12)18-11-13-7-8-17-10-13/h5-6,9,13,17H,7-8,10-11H2,1-4H3/t13-/m1/s1. The molecular weight excluding hydrogens is 222 g/mol. The average Bonchev–Trinajstić information content (AvgIpc) is 2.79. The van der Waals surface area contributed by atoms with Crippen LogP contribution in [0.5, 0.6) is 5.75 Å². The van der Waals surface area contributed by atoms with Gasteiger partial charge in [0.25, 0.3) is 0 Å². The quantitative estimate of drug-likeness (QED) is 0.885. The summed E-state index contributed by atoms with van der Waals surface area (Å²) in [7, 11) is 0. The third-order valence-electron chi connectivity index (χ3n) is 3.68. The van der Waals surface area contributed by atoms with Gasteiger partial charge in [-0.3, -0.25) is 0 Å². The Morgan fingerprint density at radius 2 is 2.11 bits per heavy atom. The molecule has 1 heterocycles. The van der Waals surface area contributed by atoms with Gasteiger partial charge in [0, 0.05) is 12.5 Å². The minimum Gasteiger partial charge on any atom is -0.493 e. The zero-order valence-electron chi connectivity index (χ0n) is 12.0. The summed E-state index contributed by atoms with van der Waals surface area (Å²) in [5, 5.41) is 3.37. The normalized spacial score (nSPS) is 20.1. The molecule has 2 rings (SSSR count). The summed E-state index contributed by atoms with van der Waals surface area (Å²) in [5.41, 5.74) is 2.82. The lowest BCUT2D eigenvalue weighted by atomic mass is 9.86. The van der Waals surface area contributed by atoms with Crippen LogP contribution in [-0.2, 0) is 5.41 Å². The first-order valence-corrected chi connectivity index (χ1v) is 6.91. The Labute approximate surface area is 111 Å². The molecule has 2 nitrogen and oxygen atoms in total. The zero-order chi connectivity index (χ0) is 13.2. The minimum atomic E-state index is 0.207.